The molecule has 0 spiro atoms. The second kappa shape index (κ2) is 8.15. The summed E-state index contributed by atoms with van der Waals surface area (Å²) < 4.78 is 47.0. The molecule has 0 bridgehead atoms. The van der Waals surface area contributed by atoms with Crippen molar-refractivity contribution in [2.45, 2.75) is 44.9 Å². The minimum Gasteiger partial charge on any atom is -0.434 e. The standard InChI is InChI=1S/C24H21F3N4O2/c1-14-30-19-10-18(25)17(16-11-28-22(29-12-16)24(32)7-4-8-24)9-20(19)31(14)13-15-5-2-3-6-21(15)33-23(26)27/h2-3,5-6,9-12,23,32H,4,7-8,13H2,1H3. The van der Waals surface area contributed by atoms with E-state index < -0.39 is 18.0 Å². The first-order chi connectivity index (χ1) is 15.8. The van der Waals surface area contributed by atoms with Gasteiger partial charge in [-0.05, 0) is 38.3 Å². The summed E-state index contributed by atoms with van der Waals surface area (Å²) in [5.74, 6) is 0.545. The Hall–Kier alpha value is -3.46. The molecule has 6 nitrogen and oxygen atoms in total. The molecule has 2 heterocycles. The minimum absolute atomic E-state index is 0.0778. The minimum atomic E-state index is -2.94. The number of hydrogen-bond acceptors (Lipinski definition) is 5. The molecule has 0 aliphatic heterocycles. The highest BCUT2D eigenvalue weighted by Gasteiger charge is 2.39. The third-order valence-corrected chi connectivity index (χ3v) is 6.10. The second-order valence-electron chi connectivity index (χ2n) is 8.23. The van der Waals surface area contributed by atoms with E-state index in [4.69, 9.17) is 0 Å². The third-order valence-electron chi connectivity index (χ3n) is 6.10. The normalized spacial score (nSPS) is 15.1. The van der Waals surface area contributed by atoms with E-state index in [0.717, 1.165) is 6.42 Å². The largest absolute Gasteiger partial charge is 0.434 e. The van der Waals surface area contributed by atoms with Gasteiger partial charge in [0.1, 0.15) is 23.0 Å². The second-order valence-corrected chi connectivity index (χ2v) is 8.23. The molecule has 0 amide bonds. The molecule has 0 saturated heterocycles. The predicted molar refractivity (Wildman–Crippen MR) is 115 cm³/mol. The number of halogens is 3. The lowest BCUT2D eigenvalue weighted by Crippen LogP contribution is -2.35. The molecule has 5 rings (SSSR count). The first-order valence-corrected chi connectivity index (χ1v) is 10.6. The topological polar surface area (TPSA) is 73.1 Å². The van der Waals surface area contributed by atoms with Crippen LogP contribution >= 0.6 is 0 Å². The zero-order valence-corrected chi connectivity index (χ0v) is 17.8. The summed E-state index contributed by atoms with van der Waals surface area (Å²) in [6, 6.07) is 9.53. The summed E-state index contributed by atoms with van der Waals surface area (Å²) in [4.78, 5) is 13.0. The summed E-state index contributed by atoms with van der Waals surface area (Å²) in [5, 5.41) is 10.4. The van der Waals surface area contributed by atoms with Gasteiger partial charge in [0.25, 0.3) is 0 Å². The van der Waals surface area contributed by atoms with Crippen LogP contribution in [-0.4, -0.2) is 31.2 Å². The molecule has 1 aliphatic carbocycles. The van der Waals surface area contributed by atoms with E-state index in [1.54, 1.807) is 31.2 Å². The molecule has 1 N–H and O–H groups in total. The van der Waals surface area contributed by atoms with E-state index in [9.17, 15) is 18.3 Å². The fraction of sp³-hybridized carbons (Fsp3) is 0.292. The van der Waals surface area contributed by atoms with Crippen molar-refractivity contribution < 1.29 is 23.0 Å². The molecule has 4 aromatic rings. The summed E-state index contributed by atoms with van der Waals surface area (Å²) >= 11 is 0. The van der Waals surface area contributed by atoms with Crippen LogP contribution < -0.4 is 4.74 Å². The number of benzene rings is 2. The molecule has 170 valence electrons. The van der Waals surface area contributed by atoms with Crippen molar-refractivity contribution in [1.29, 1.82) is 0 Å². The van der Waals surface area contributed by atoms with Crippen molar-refractivity contribution in [1.82, 2.24) is 19.5 Å². The molecule has 33 heavy (non-hydrogen) atoms. The van der Waals surface area contributed by atoms with E-state index in [-0.39, 0.29) is 17.9 Å². The molecular weight excluding hydrogens is 433 g/mol. The number of hydrogen-bond donors (Lipinski definition) is 1. The number of alkyl halides is 2. The Morgan fingerprint density at radius 3 is 2.55 bits per heavy atom. The Kier molecular flexibility index (Phi) is 5.28. The highest BCUT2D eigenvalue weighted by atomic mass is 19.3. The van der Waals surface area contributed by atoms with Crippen LogP contribution in [0.1, 0.15) is 36.5 Å². The third kappa shape index (κ3) is 3.93. The Morgan fingerprint density at radius 1 is 1.15 bits per heavy atom. The van der Waals surface area contributed by atoms with Crippen LogP contribution in [0, 0.1) is 12.7 Å². The van der Waals surface area contributed by atoms with Crippen molar-refractivity contribution in [3.05, 3.63) is 71.8 Å². The first-order valence-electron chi connectivity index (χ1n) is 10.6. The number of rotatable bonds is 6. The fourth-order valence-corrected chi connectivity index (χ4v) is 4.15. The average molecular weight is 454 g/mol. The molecule has 0 atom stereocenters. The van der Waals surface area contributed by atoms with Crippen LogP contribution in [0.5, 0.6) is 5.75 Å². The molecule has 2 aromatic carbocycles. The maximum atomic E-state index is 14.9. The van der Waals surface area contributed by atoms with E-state index in [2.05, 4.69) is 19.7 Å². The number of nitrogens with zero attached hydrogens (tertiary/aromatic N) is 4. The number of imidazole rings is 1. The van der Waals surface area contributed by atoms with Gasteiger partial charge in [-0.15, -0.1) is 0 Å². The van der Waals surface area contributed by atoms with Gasteiger partial charge in [0.2, 0.25) is 0 Å². The lowest BCUT2D eigenvalue weighted by Gasteiger charge is -2.34. The van der Waals surface area contributed by atoms with E-state index in [1.165, 1.54) is 24.5 Å². The van der Waals surface area contributed by atoms with Gasteiger partial charge in [-0.25, -0.2) is 19.3 Å². The van der Waals surface area contributed by atoms with Crippen LogP contribution in [0.25, 0.3) is 22.2 Å². The van der Waals surface area contributed by atoms with Gasteiger partial charge in [-0.1, -0.05) is 18.2 Å². The molecular formula is C24H21F3N4O2. The number of fused-ring (bicyclic) bond motifs is 1. The molecule has 1 saturated carbocycles. The van der Waals surface area contributed by atoms with Gasteiger partial charge in [0, 0.05) is 35.2 Å². The smallest absolute Gasteiger partial charge is 0.387 e. The van der Waals surface area contributed by atoms with Crippen LogP contribution in [-0.2, 0) is 12.1 Å². The van der Waals surface area contributed by atoms with E-state index in [0.29, 0.717) is 46.7 Å². The van der Waals surface area contributed by atoms with Gasteiger partial charge in [-0.2, -0.15) is 8.78 Å². The van der Waals surface area contributed by atoms with Gasteiger partial charge in [-0.3, -0.25) is 0 Å². The molecule has 1 fully saturated rings. The Morgan fingerprint density at radius 2 is 1.88 bits per heavy atom. The zero-order chi connectivity index (χ0) is 23.2. The highest BCUT2D eigenvalue weighted by molar-refractivity contribution is 5.83. The van der Waals surface area contributed by atoms with Crippen molar-refractivity contribution in [3.63, 3.8) is 0 Å². The maximum absolute atomic E-state index is 14.9. The quantitative estimate of drug-likeness (QED) is 0.446. The van der Waals surface area contributed by atoms with Crippen LogP contribution in [0.15, 0.2) is 48.8 Å². The predicted octanol–water partition coefficient (Wildman–Crippen LogP) is 4.96. The van der Waals surface area contributed by atoms with Gasteiger partial charge in [0.15, 0.2) is 5.82 Å². The van der Waals surface area contributed by atoms with Crippen LogP contribution in [0.3, 0.4) is 0 Å². The van der Waals surface area contributed by atoms with Crippen molar-refractivity contribution in [3.8, 4) is 16.9 Å². The maximum Gasteiger partial charge on any atom is 0.387 e. The van der Waals surface area contributed by atoms with Crippen molar-refractivity contribution in [2.75, 3.05) is 0 Å². The van der Waals surface area contributed by atoms with E-state index in [1.807, 2.05) is 4.57 Å². The van der Waals surface area contributed by atoms with Crippen LogP contribution in [0.4, 0.5) is 13.2 Å². The highest BCUT2D eigenvalue weighted by Crippen LogP contribution is 2.39. The monoisotopic (exact) mass is 454 g/mol. The molecule has 1 aliphatic rings. The zero-order valence-electron chi connectivity index (χ0n) is 17.8. The lowest BCUT2D eigenvalue weighted by molar-refractivity contribution is -0.0505. The molecule has 9 heteroatoms. The van der Waals surface area contributed by atoms with Crippen molar-refractivity contribution >= 4 is 11.0 Å². The molecule has 0 radical (unpaired) electrons. The number of ether oxygens (including phenoxy) is 1. The van der Waals surface area contributed by atoms with Gasteiger partial charge < -0.3 is 14.4 Å². The molecule has 2 aromatic heterocycles. The number of aliphatic hydroxyl groups is 1. The summed E-state index contributed by atoms with van der Waals surface area (Å²) in [6.45, 7) is -0.946. The Balaban J connectivity index is 1.53. The van der Waals surface area contributed by atoms with Crippen molar-refractivity contribution in [2.24, 2.45) is 0 Å². The number of aromatic nitrogens is 4. The van der Waals surface area contributed by atoms with Gasteiger partial charge >= 0.3 is 6.61 Å². The number of para-hydroxylation sites is 1. The summed E-state index contributed by atoms with van der Waals surface area (Å²) in [5.41, 5.74) is 1.39. The van der Waals surface area contributed by atoms with Gasteiger partial charge in [0.05, 0.1) is 17.6 Å². The SMILES string of the molecule is Cc1nc2cc(F)c(-c3cnc(C4(O)CCC4)nc3)cc2n1Cc1ccccc1OC(F)F. The van der Waals surface area contributed by atoms with Crippen LogP contribution in [0.2, 0.25) is 0 Å². The number of aryl methyl sites for hydroxylation is 1. The average Bonchev–Trinajstić information content (AvgIpc) is 3.06. The molecule has 0 unspecified atom stereocenters. The summed E-state index contributed by atoms with van der Waals surface area (Å²) in [7, 11) is 0. The lowest BCUT2D eigenvalue weighted by atomic mass is 9.79. The first kappa shape index (κ1) is 21.4. The van der Waals surface area contributed by atoms with E-state index >= 15 is 0 Å². The Bertz CT molecular complexity index is 1320. The Labute approximate surface area is 187 Å². The summed E-state index contributed by atoms with van der Waals surface area (Å²) in [6.07, 6.45) is 5.15. The fourth-order valence-electron chi connectivity index (χ4n) is 4.15.